The number of aromatic nitrogens is 4. The molecule has 4 rings (SSSR count). The lowest BCUT2D eigenvalue weighted by molar-refractivity contribution is -0.572. The minimum absolute atomic E-state index is 0.722. The molecule has 3 heterocycles. The van der Waals surface area contributed by atoms with Crippen LogP contribution >= 0.6 is 0 Å². The Labute approximate surface area is 115 Å². The summed E-state index contributed by atoms with van der Waals surface area (Å²) < 4.78 is 17.8. The highest BCUT2D eigenvalue weighted by molar-refractivity contribution is 6.59. The maximum atomic E-state index is 6.13. The topological polar surface area (TPSA) is 45.1 Å². The average molecular weight is 268 g/mol. The van der Waals surface area contributed by atoms with Gasteiger partial charge in [0.05, 0.1) is 13.2 Å². The molecular formula is C13H13BN4O2. The minimum atomic E-state index is -1.95. The summed E-state index contributed by atoms with van der Waals surface area (Å²) in [5, 5.41) is 4.30. The highest BCUT2D eigenvalue weighted by Gasteiger charge is 2.50. The van der Waals surface area contributed by atoms with Gasteiger partial charge in [-0.15, -0.1) is 0 Å². The lowest BCUT2D eigenvalue weighted by Crippen LogP contribution is -2.75. The second-order valence-electron chi connectivity index (χ2n) is 4.83. The lowest BCUT2D eigenvalue weighted by atomic mass is 9.89. The Morgan fingerprint density at radius 3 is 2.40 bits per heavy atom. The summed E-state index contributed by atoms with van der Waals surface area (Å²) >= 11 is 0. The van der Waals surface area contributed by atoms with Gasteiger partial charge in [0.2, 0.25) is 6.33 Å². The van der Waals surface area contributed by atoms with E-state index in [2.05, 4.69) is 5.10 Å². The van der Waals surface area contributed by atoms with Crippen molar-refractivity contribution in [2.45, 2.75) is 0 Å². The van der Waals surface area contributed by atoms with Gasteiger partial charge in [-0.1, -0.05) is 12.1 Å². The first-order valence-corrected chi connectivity index (χ1v) is 6.42. The van der Waals surface area contributed by atoms with Crippen LogP contribution in [0.15, 0.2) is 61.4 Å². The van der Waals surface area contributed by atoms with Crippen LogP contribution in [0.5, 0.6) is 11.5 Å². The van der Waals surface area contributed by atoms with Gasteiger partial charge >= 0.3 is 6.82 Å². The van der Waals surface area contributed by atoms with Gasteiger partial charge in [0.1, 0.15) is 17.7 Å². The normalized spacial score (nSPS) is 15.4. The first-order valence-electron chi connectivity index (χ1n) is 6.42. The zero-order valence-corrected chi connectivity index (χ0v) is 11.0. The van der Waals surface area contributed by atoms with E-state index in [4.69, 9.17) is 9.31 Å². The van der Waals surface area contributed by atoms with Crippen molar-refractivity contribution in [2.24, 2.45) is 7.05 Å². The van der Waals surface area contributed by atoms with E-state index in [1.54, 1.807) is 10.8 Å². The van der Waals surface area contributed by atoms with Crippen LogP contribution in [0.3, 0.4) is 0 Å². The molecule has 0 bridgehead atoms. The third kappa shape index (κ3) is 1.46. The van der Waals surface area contributed by atoms with Gasteiger partial charge in [0.25, 0.3) is 0 Å². The van der Waals surface area contributed by atoms with Gasteiger partial charge in [-0.2, -0.15) is 0 Å². The Hall–Kier alpha value is -2.70. The number of benzene rings is 1. The van der Waals surface area contributed by atoms with Crippen LogP contribution in [0.1, 0.15) is 0 Å². The molecule has 100 valence electrons. The van der Waals surface area contributed by atoms with Crippen LogP contribution in [-0.2, 0) is 7.05 Å². The van der Waals surface area contributed by atoms with E-state index in [-0.39, 0.29) is 0 Å². The van der Waals surface area contributed by atoms with Gasteiger partial charge in [-0.3, -0.25) is 0 Å². The predicted molar refractivity (Wildman–Crippen MR) is 72.1 cm³/mol. The van der Waals surface area contributed by atoms with Crippen molar-refractivity contribution in [3.63, 3.8) is 0 Å². The SMILES string of the molecule is Cn1cc[n+]([B-]2(n3cccn3)Oc3ccccc3O2)c1. The van der Waals surface area contributed by atoms with Crippen LogP contribution in [0.2, 0.25) is 0 Å². The van der Waals surface area contributed by atoms with Gasteiger partial charge < -0.3 is 18.4 Å². The summed E-state index contributed by atoms with van der Waals surface area (Å²) in [5.41, 5.74) is 0. The summed E-state index contributed by atoms with van der Waals surface area (Å²) in [6.07, 6.45) is 9.30. The highest BCUT2D eigenvalue weighted by atomic mass is 16.7. The lowest BCUT2D eigenvalue weighted by Gasteiger charge is -2.30. The van der Waals surface area contributed by atoms with Crippen molar-refractivity contribution >= 4 is 6.82 Å². The molecule has 1 aliphatic heterocycles. The summed E-state index contributed by atoms with van der Waals surface area (Å²) in [5.74, 6) is 1.44. The van der Waals surface area contributed by atoms with E-state index >= 15 is 0 Å². The van der Waals surface area contributed by atoms with E-state index in [1.165, 1.54) is 0 Å². The molecule has 0 saturated heterocycles. The molecule has 0 fully saturated rings. The van der Waals surface area contributed by atoms with Crippen molar-refractivity contribution in [1.82, 2.24) is 14.3 Å². The number of hydrogen-bond donors (Lipinski definition) is 0. The number of aryl methyl sites for hydroxylation is 1. The number of rotatable bonds is 2. The number of imidazole rings is 1. The van der Waals surface area contributed by atoms with Crippen LogP contribution in [0.4, 0.5) is 0 Å². The fourth-order valence-electron chi connectivity index (χ4n) is 2.50. The molecule has 0 saturated carbocycles. The largest absolute Gasteiger partial charge is 0.699 e. The van der Waals surface area contributed by atoms with E-state index in [9.17, 15) is 0 Å². The Morgan fingerprint density at radius 2 is 1.85 bits per heavy atom. The van der Waals surface area contributed by atoms with Crippen molar-refractivity contribution < 1.29 is 13.8 Å². The van der Waals surface area contributed by atoms with Crippen LogP contribution in [0.25, 0.3) is 0 Å². The highest BCUT2D eigenvalue weighted by Crippen LogP contribution is 2.35. The van der Waals surface area contributed by atoms with Gasteiger partial charge in [0, 0.05) is 6.20 Å². The maximum Gasteiger partial charge on any atom is 0.699 e. The molecule has 6 nitrogen and oxygen atoms in total. The molecule has 1 aliphatic rings. The monoisotopic (exact) mass is 268 g/mol. The first-order chi connectivity index (χ1) is 9.78. The quantitative estimate of drug-likeness (QED) is 0.646. The number of hydrogen-bond acceptors (Lipinski definition) is 3. The van der Waals surface area contributed by atoms with Crippen LogP contribution in [0, 0.1) is 0 Å². The van der Waals surface area contributed by atoms with E-state index in [0.29, 0.717) is 0 Å². The molecule has 0 unspecified atom stereocenters. The Balaban J connectivity index is 1.89. The van der Waals surface area contributed by atoms with Crippen LogP contribution in [-0.4, -0.2) is 21.1 Å². The fourth-order valence-corrected chi connectivity index (χ4v) is 2.50. The molecule has 3 aromatic rings. The fraction of sp³-hybridized carbons (Fsp3) is 0.0769. The molecule has 0 radical (unpaired) electrons. The minimum Gasteiger partial charge on any atom is -0.621 e. The van der Waals surface area contributed by atoms with Crippen molar-refractivity contribution in [1.29, 1.82) is 0 Å². The molecule has 1 aromatic carbocycles. The molecule has 20 heavy (non-hydrogen) atoms. The Bertz CT molecular complexity index is 728. The molecule has 2 aromatic heterocycles. The first kappa shape index (κ1) is 11.2. The van der Waals surface area contributed by atoms with E-state index in [1.807, 2.05) is 71.3 Å². The summed E-state index contributed by atoms with van der Waals surface area (Å²) in [6.45, 7) is -1.95. The van der Waals surface area contributed by atoms with Gasteiger partial charge in [-0.25, -0.2) is 9.67 Å². The molecule has 7 heteroatoms. The average Bonchev–Trinajstić information content (AvgIpc) is 3.17. The summed E-state index contributed by atoms with van der Waals surface area (Å²) in [7, 11) is 1.95. The number of para-hydroxylation sites is 2. The summed E-state index contributed by atoms with van der Waals surface area (Å²) in [4.78, 5) is 0. The third-order valence-corrected chi connectivity index (χ3v) is 3.44. The van der Waals surface area contributed by atoms with Crippen molar-refractivity contribution in [2.75, 3.05) is 0 Å². The second-order valence-corrected chi connectivity index (χ2v) is 4.83. The molecule has 0 atom stereocenters. The molecule has 0 aliphatic carbocycles. The number of fused-ring (bicyclic) bond motifs is 1. The third-order valence-electron chi connectivity index (χ3n) is 3.44. The molecular weight excluding hydrogens is 255 g/mol. The number of nitrogens with zero attached hydrogens (tertiary/aromatic N) is 4. The van der Waals surface area contributed by atoms with Crippen LogP contribution < -0.4 is 13.8 Å². The second kappa shape index (κ2) is 3.90. The van der Waals surface area contributed by atoms with E-state index < -0.39 is 6.82 Å². The maximum absolute atomic E-state index is 6.13. The van der Waals surface area contributed by atoms with E-state index in [0.717, 1.165) is 11.5 Å². The van der Waals surface area contributed by atoms with Crippen molar-refractivity contribution in [3.8, 4) is 11.5 Å². The summed E-state index contributed by atoms with van der Waals surface area (Å²) in [6, 6.07) is 9.49. The van der Waals surface area contributed by atoms with Gasteiger partial charge in [-0.05, 0) is 24.4 Å². The molecule has 0 amide bonds. The van der Waals surface area contributed by atoms with Gasteiger partial charge in [0.15, 0.2) is 0 Å². The molecule has 0 N–H and O–H groups in total. The zero-order valence-electron chi connectivity index (χ0n) is 11.0. The molecule has 0 spiro atoms. The Morgan fingerprint density at radius 1 is 1.10 bits per heavy atom. The smallest absolute Gasteiger partial charge is 0.621 e. The zero-order chi connectivity index (χ0) is 13.6. The standard InChI is InChI=1S/C13H13BN4O2/c1-16-9-10-17(11-16)14(18-8-4-7-15-18)19-12-5-2-3-6-13(12)20-14/h2-11H,1H3. The Kier molecular flexibility index (Phi) is 2.17. The predicted octanol–water partition coefficient (Wildman–Crippen LogP) is 0.812. The van der Waals surface area contributed by atoms with Crippen molar-refractivity contribution in [3.05, 3.63) is 61.4 Å².